The molecule has 0 unspecified atom stereocenters. The van der Waals surface area contributed by atoms with E-state index in [9.17, 15) is 22.8 Å². The number of amides is 2. The van der Waals surface area contributed by atoms with E-state index in [2.05, 4.69) is 10.4 Å². The normalized spacial score (nSPS) is 20.0. The molecule has 1 N–H and O–H groups in total. The minimum atomic E-state index is -4.58. The summed E-state index contributed by atoms with van der Waals surface area (Å²) >= 11 is 6.46. The first-order valence-electron chi connectivity index (χ1n) is 11.5. The number of hydrogen-bond acceptors (Lipinski definition) is 4. The highest BCUT2D eigenvalue weighted by atomic mass is 35.5. The Morgan fingerprint density at radius 2 is 1.44 bits per heavy atom. The van der Waals surface area contributed by atoms with E-state index in [1.54, 1.807) is 59.5 Å². The van der Waals surface area contributed by atoms with Crippen LogP contribution in [0.5, 0.6) is 0 Å². The second-order valence-corrected chi connectivity index (χ2v) is 9.18. The van der Waals surface area contributed by atoms with Crippen LogP contribution in [0.15, 0.2) is 60.7 Å². The van der Waals surface area contributed by atoms with Crippen LogP contribution in [0.1, 0.15) is 44.9 Å². The molecule has 36 heavy (non-hydrogen) atoms. The summed E-state index contributed by atoms with van der Waals surface area (Å²) in [7, 11) is 0. The van der Waals surface area contributed by atoms with Crippen LogP contribution in [-0.4, -0.2) is 63.7 Å². The molecule has 3 aromatic rings. The van der Waals surface area contributed by atoms with Gasteiger partial charge in [-0.15, -0.1) is 0 Å². The quantitative estimate of drug-likeness (QED) is 0.542. The Kier molecular flexibility index (Phi) is 6.38. The van der Waals surface area contributed by atoms with E-state index in [1.165, 1.54) is 4.90 Å². The molecule has 1 saturated heterocycles. The first kappa shape index (κ1) is 24.2. The van der Waals surface area contributed by atoms with Gasteiger partial charge in [-0.1, -0.05) is 60.1 Å². The molecule has 0 bridgehead atoms. The molecule has 2 aliphatic heterocycles. The maximum absolute atomic E-state index is 14.0. The maximum atomic E-state index is 14.0. The van der Waals surface area contributed by atoms with Gasteiger partial charge in [0.2, 0.25) is 0 Å². The minimum Gasteiger partial charge on any atom is -0.362 e. The van der Waals surface area contributed by atoms with Gasteiger partial charge in [-0.3, -0.25) is 9.59 Å². The first-order chi connectivity index (χ1) is 17.2. The largest absolute Gasteiger partial charge is 0.410 e. The third-order valence-electron chi connectivity index (χ3n) is 6.57. The molecule has 5 rings (SSSR count). The van der Waals surface area contributed by atoms with E-state index in [-0.39, 0.29) is 42.0 Å². The summed E-state index contributed by atoms with van der Waals surface area (Å²) in [5.41, 5.74) is 1.01. The molecule has 2 aliphatic rings. The summed E-state index contributed by atoms with van der Waals surface area (Å²) in [5, 5.41) is 6.94. The molecule has 0 saturated carbocycles. The number of carbonyl (C=O) groups is 2. The SMILES string of the molecule is O=C(c1ccccc1)N1CCN(C(=O)c2nn3c(c2Cl)N[C@@H](c2ccccc2)C[C@H]3C(F)(F)F)CC1. The van der Waals surface area contributed by atoms with Crippen molar-refractivity contribution in [1.82, 2.24) is 19.6 Å². The number of anilines is 1. The molecule has 0 spiro atoms. The number of carbonyl (C=O) groups excluding carboxylic acids is 2. The van der Waals surface area contributed by atoms with Crippen molar-refractivity contribution in [2.75, 3.05) is 31.5 Å². The van der Waals surface area contributed by atoms with E-state index >= 15 is 0 Å². The van der Waals surface area contributed by atoms with Gasteiger partial charge in [0, 0.05) is 38.2 Å². The van der Waals surface area contributed by atoms with E-state index in [1.807, 2.05) is 6.07 Å². The van der Waals surface area contributed by atoms with Crippen LogP contribution in [0.3, 0.4) is 0 Å². The van der Waals surface area contributed by atoms with E-state index in [4.69, 9.17) is 11.6 Å². The van der Waals surface area contributed by atoms with Crippen LogP contribution in [-0.2, 0) is 0 Å². The Morgan fingerprint density at radius 1 is 0.889 bits per heavy atom. The van der Waals surface area contributed by atoms with Crippen LogP contribution in [0.4, 0.5) is 19.0 Å². The highest BCUT2D eigenvalue weighted by Gasteiger charge is 2.48. The van der Waals surface area contributed by atoms with Gasteiger partial charge in [-0.25, -0.2) is 4.68 Å². The summed E-state index contributed by atoms with van der Waals surface area (Å²) in [6.07, 6.45) is -4.87. The summed E-state index contributed by atoms with van der Waals surface area (Å²) in [6, 6.07) is 15.0. The molecule has 1 aromatic heterocycles. The van der Waals surface area contributed by atoms with E-state index in [0.717, 1.165) is 4.68 Å². The van der Waals surface area contributed by atoms with Gasteiger partial charge < -0.3 is 15.1 Å². The number of rotatable bonds is 3. The lowest BCUT2D eigenvalue weighted by molar-refractivity contribution is -0.173. The zero-order chi connectivity index (χ0) is 25.4. The standard InChI is InChI=1S/C25H23ClF3N5O2/c26-20-21(24(36)33-13-11-32(12-14-33)23(35)17-9-5-2-6-10-17)31-34-19(25(27,28)29)15-18(30-22(20)34)16-7-3-1-4-8-16/h1-10,18-19,30H,11-15H2/t18-,19+/m1/s1. The molecule has 7 nitrogen and oxygen atoms in total. The molecule has 2 atom stereocenters. The van der Waals surface area contributed by atoms with Crippen LogP contribution < -0.4 is 5.32 Å². The topological polar surface area (TPSA) is 70.5 Å². The van der Waals surface area contributed by atoms with Crippen molar-refractivity contribution in [1.29, 1.82) is 0 Å². The zero-order valence-electron chi connectivity index (χ0n) is 19.1. The van der Waals surface area contributed by atoms with Gasteiger partial charge in [-0.2, -0.15) is 18.3 Å². The molecule has 3 heterocycles. The number of alkyl halides is 3. The summed E-state index contributed by atoms with van der Waals surface area (Å²) in [5.74, 6) is -0.726. The minimum absolute atomic E-state index is 0.0275. The maximum Gasteiger partial charge on any atom is 0.410 e. The number of nitrogens with zero attached hydrogens (tertiary/aromatic N) is 4. The average molecular weight is 518 g/mol. The molecule has 0 radical (unpaired) electrons. The number of benzene rings is 2. The van der Waals surface area contributed by atoms with Crippen LogP contribution >= 0.6 is 11.6 Å². The van der Waals surface area contributed by atoms with Crippen molar-refractivity contribution in [3.05, 3.63) is 82.5 Å². The Morgan fingerprint density at radius 3 is 2.03 bits per heavy atom. The highest BCUT2D eigenvalue weighted by Crippen LogP contribution is 2.46. The number of halogens is 4. The van der Waals surface area contributed by atoms with Gasteiger partial charge in [0.05, 0.1) is 6.04 Å². The molecular weight excluding hydrogens is 495 g/mol. The molecule has 2 amide bonds. The number of piperazine rings is 1. The zero-order valence-corrected chi connectivity index (χ0v) is 19.8. The lowest BCUT2D eigenvalue weighted by Gasteiger charge is -2.34. The fraction of sp³-hybridized carbons (Fsp3) is 0.320. The molecule has 2 aromatic carbocycles. The van der Waals surface area contributed by atoms with Crippen molar-refractivity contribution in [3.8, 4) is 0 Å². The Bertz CT molecular complexity index is 1260. The Balaban J connectivity index is 1.36. The van der Waals surface area contributed by atoms with Crippen molar-refractivity contribution < 1.29 is 22.8 Å². The van der Waals surface area contributed by atoms with Gasteiger partial charge in [0.25, 0.3) is 11.8 Å². The number of aromatic nitrogens is 2. The van der Waals surface area contributed by atoms with Crippen molar-refractivity contribution in [3.63, 3.8) is 0 Å². The van der Waals surface area contributed by atoms with Crippen molar-refractivity contribution in [2.45, 2.75) is 24.7 Å². The molecule has 188 valence electrons. The van der Waals surface area contributed by atoms with Crippen LogP contribution in [0, 0.1) is 0 Å². The number of fused-ring (bicyclic) bond motifs is 1. The predicted octanol–water partition coefficient (Wildman–Crippen LogP) is 4.80. The van der Waals surface area contributed by atoms with Gasteiger partial charge in [0.15, 0.2) is 11.7 Å². The Labute approximate surface area is 210 Å². The lowest BCUT2D eigenvalue weighted by Crippen LogP contribution is -2.50. The van der Waals surface area contributed by atoms with E-state index < -0.39 is 24.2 Å². The third kappa shape index (κ3) is 4.53. The van der Waals surface area contributed by atoms with Crippen molar-refractivity contribution in [2.24, 2.45) is 0 Å². The third-order valence-corrected chi connectivity index (χ3v) is 6.93. The molecule has 0 aliphatic carbocycles. The molecule has 11 heteroatoms. The van der Waals surface area contributed by atoms with E-state index in [0.29, 0.717) is 24.2 Å². The number of hydrogen-bond donors (Lipinski definition) is 1. The van der Waals surface area contributed by atoms with Crippen LogP contribution in [0.2, 0.25) is 5.02 Å². The summed E-state index contributed by atoms with van der Waals surface area (Å²) in [4.78, 5) is 29.0. The van der Waals surface area contributed by atoms with Gasteiger partial charge in [0.1, 0.15) is 10.8 Å². The monoisotopic (exact) mass is 517 g/mol. The second-order valence-electron chi connectivity index (χ2n) is 8.81. The average Bonchev–Trinajstić information content (AvgIpc) is 3.24. The Hall–Kier alpha value is -3.53. The van der Waals surface area contributed by atoms with Crippen molar-refractivity contribution >= 4 is 29.2 Å². The summed E-state index contributed by atoms with van der Waals surface area (Å²) < 4.78 is 42.8. The lowest BCUT2D eigenvalue weighted by atomic mass is 9.97. The smallest absolute Gasteiger partial charge is 0.362 e. The van der Waals surface area contributed by atoms with Crippen LogP contribution in [0.25, 0.3) is 0 Å². The molecular formula is C25H23ClF3N5O2. The second kappa shape index (κ2) is 9.50. The fourth-order valence-corrected chi connectivity index (χ4v) is 4.92. The predicted molar refractivity (Wildman–Crippen MR) is 128 cm³/mol. The summed E-state index contributed by atoms with van der Waals surface area (Å²) in [6.45, 7) is 1.03. The first-order valence-corrected chi connectivity index (χ1v) is 11.9. The highest BCUT2D eigenvalue weighted by molar-refractivity contribution is 6.36. The fourth-order valence-electron chi connectivity index (χ4n) is 4.66. The molecule has 1 fully saturated rings. The van der Waals surface area contributed by atoms with Gasteiger partial charge in [-0.05, 0) is 17.7 Å². The number of nitrogens with one attached hydrogen (secondary N) is 1. The van der Waals surface area contributed by atoms with Gasteiger partial charge >= 0.3 is 6.18 Å².